The van der Waals surface area contributed by atoms with Crippen LogP contribution in [0.25, 0.3) is 5.78 Å². The van der Waals surface area contributed by atoms with E-state index in [4.69, 9.17) is 0 Å². The molecule has 21 heavy (non-hydrogen) atoms. The molecule has 3 heterocycles. The number of aryl methyl sites for hydroxylation is 1. The second-order valence-electron chi connectivity index (χ2n) is 5.50. The number of benzene rings is 1. The third kappa shape index (κ3) is 1.81. The topological polar surface area (TPSA) is 46.3 Å². The molecule has 0 spiro atoms. The van der Waals surface area contributed by atoms with Crippen molar-refractivity contribution in [2.24, 2.45) is 0 Å². The number of hydrogen-bond acceptors (Lipinski definition) is 4. The highest BCUT2D eigenvalue weighted by molar-refractivity contribution is 5.59. The average molecular weight is 279 g/mol. The van der Waals surface area contributed by atoms with Crippen LogP contribution in [0.4, 0.5) is 5.82 Å². The maximum absolute atomic E-state index is 4.54. The number of aromatic nitrogens is 4. The lowest BCUT2D eigenvalue weighted by Gasteiger charge is -2.27. The molecule has 1 atom stereocenters. The van der Waals surface area contributed by atoms with E-state index < -0.39 is 0 Å². The zero-order valence-corrected chi connectivity index (χ0v) is 12.2. The SMILES string of the molecule is Cc1nc2ncnn2c2c1CCN2[C@@H](C)c1ccccc1. The van der Waals surface area contributed by atoms with E-state index in [0.717, 1.165) is 24.5 Å². The predicted octanol–water partition coefficient (Wildman–Crippen LogP) is 2.56. The Bertz CT molecular complexity index is 793. The molecule has 0 amide bonds. The summed E-state index contributed by atoms with van der Waals surface area (Å²) in [6.45, 7) is 5.29. The summed E-state index contributed by atoms with van der Waals surface area (Å²) in [5, 5.41) is 4.36. The van der Waals surface area contributed by atoms with Crippen LogP contribution in [0.2, 0.25) is 0 Å². The van der Waals surface area contributed by atoms with Crippen LogP contribution in [-0.2, 0) is 6.42 Å². The molecule has 3 aromatic rings. The van der Waals surface area contributed by atoms with Gasteiger partial charge in [0.05, 0.1) is 6.04 Å². The van der Waals surface area contributed by atoms with Gasteiger partial charge < -0.3 is 4.90 Å². The minimum atomic E-state index is 0.307. The van der Waals surface area contributed by atoms with E-state index in [1.165, 1.54) is 11.1 Å². The van der Waals surface area contributed by atoms with Gasteiger partial charge in [-0.3, -0.25) is 0 Å². The van der Waals surface area contributed by atoms with Gasteiger partial charge >= 0.3 is 0 Å². The highest BCUT2D eigenvalue weighted by Crippen LogP contribution is 2.35. The van der Waals surface area contributed by atoms with Gasteiger partial charge in [0.25, 0.3) is 5.78 Å². The first-order valence-electron chi connectivity index (χ1n) is 7.26. The van der Waals surface area contributed by atoms with E-state index in [-0.39, 0.29) is 0 Å². The summed E-state index contributed by atoms with van der Waals surface area (Å²) in [6, 6.07) is 10.9. The average Bonchev–Trinajstić information content (AvgIpc) is 3.13. The zero-order valence-electron chi connectivity index (χ0n) is 12.2. The van der Waals surface area contributed by atoms with Gasteiger partial charge in [-0.1, -0.05) is 30.3 Å². The van der Waals surface area contributed by atoms with Crippen LogP contribution < -0.4 is 4.90 Å². The normalized spacial score (nSPS) is 15.4. The maximum atomic E-state index is 4.54. The molecule has 5 heteroatoms. The van der Waals surface area contributed by atoms with Crippen molar-refractivity contribution in [3.8, 4) is 0 Å². The number of rotatable bonds is 2. The lowest BCUT2D eigenvalue weighted by molar-refractivity contribution is 0.678. The summed E-state index contributed by atoms with van der Waals surface area (Å²) < 4.78 is 1.87. The Kier molecular flexibility index (Phi) is 2.67. The fourth-order valence-corrected chi connectivity index (χ4v) is 3.18. The Morgan fingerprint density at radius 2 is 2.00 bits per heavy atom. The first-order valence-corrected chi connectivity index (χ1v) is 7.26. The molecule has 0 fully saturated rings. The molecule has 0 unspecified atom stereocenters. The number of fused-ring (bicyclic) bond motifs is 3. The summed E-state index contributed by atoms with van der Waals surface area (Å²) >= 11 is 0. The third-order valence-corrected chi connectivity index (χ3v) is 4.33. The predicted molar refractivity (Wildman–Crippen MR) is 81.4 cm³/mol. The van der Waals surface area contributed by atoms with Crippen molar-refractivity contribution in [2.75, 3.05) is 11.4 Å². The Labute approximate surface area is 123 Å². The molecule has 0 bridgehead atoms. The summed E-state index contributed by atoms with van der Waals surface area (Å²) in [7, 11) is 0. The molecule has 2 aromatic heterocycles. The summed E-state index contributed by atoms with van der Waals surface area (Å²) in [6.07, 6.45) is 2.59. The van der Waals surface area contributed by atoms with Gasteiger partial charge in [0.1, 0.15) is 12.1 Å². The Balaban J connectivity index is 1.86. The standard InChI is InChI=1S/C16H17N5/c1-11-14-8-9-20(12(2)13-6-4-3-5-7-13)15(14)21-16(19-11)17-10-18-21/h3-7,10,12H,8-9H2,1-2H3/t12-/m0/s1. The van der Waals surface area contributed by atoms with Crippen molar-refractivity contribution in [1.82, 2.24) is 19.6 Å². The van der Waals surface area contributed by atoms with E-state index in [1.54, 1.807) is 6.33 Å². The molecule has 5 nitrogen and oxygen atoms in total. The van der Waals surface area contributed by atoms with E-state index in [1.807, 2.05) is 4.52 Å². The summed E-state index contributed by atoms with van der Waals surface area (Å²) in [4.78, 5) is 11.2. The van der Waals surface area contributed by atoms with Crippen molar-refractivity contribution >= 4 is 11.6 Å². The van der Waals surface area contributed by atoms with Crippen LogP contribution in [0, 0.1) is 6.92 Å². The molecule has 106 valence electrons. The summed E-state index contributed by atoms with van der Waals surface area (Å²) in [5.74, 6) is 1.82. The van der Waals surface area contributed by atoms with Crippen molar-refractivity contribution in [3.63, 3.8) is 0 Å². The smallest absolute Gasteiger partial charge is 0.254 e. The van der Waals surface area contributed by atoms with Crippen LogP contribution in [-0.4, -0.2) is 26.1 Å². The molecular weight excluding hydrogens is 262 g/mol. The van der Waals surface area contributed by atoms with Crippen molar-refractivity contribution < 1.29 is 0 Å². The number of nitrogens with zero attached hydrogens (tertiary/aromatic N) is 5. The molecule has 1 aliphatic heterocycles. The van der Waals surface area contributed by atoms with Crippen molar-refractivity contribution in [1.29, 1.82) is 0 Å². The fraction of sp³-hybridized carbons (Fsp3) is 0.312. The van der Waals surface area contributed by atoms with Gasteiger partial charge in [-0.05, 0) is 25.8 Å². The Morgan fingerprint density at radius 3 is 2.81 bits per heavy atom. The van der Waals surface area contributed by atoms with Gasteiger partial charge in [-0.2, -0.15) is 14.6 Å². The lowest BCUT2D eigenvalue weighted by Crippen LogP contribution is -2.26. The molecule has 0 N–H and O–H groups in total. The lowest BCUT2D eigenvalue weighted by atomic mass is 10.1. The quantitative estimate of drug-likeness (QED) is 0.723. The van der Waals surface area contributed by atoms with Crippen molar-refractivity contribution in [2.45, 2.75) is 26.3 Å². The highest BCUT2D eigenvalue weighted by atomic mass is 15.4. The first kappa shape index (κ1) is 12.3. The minimum absolute atomic E-state index is 0.307. The molecule has 4 rings (SSSR count). The van der Waals surface area contributed by atoms with E-state index in [9.17, 15) is 0 Å². The van der Waals surface area contributed by atoms with Crippen molar-refractivity contribution in [3.05, 3.63) is 53.5 Å². The molecule has 1 aliphatic rings. The monoisotopic (exact) mass is 279 g/mol. The summed E-state index contributed by atoms with van der Waals surface area (Å²) in [5.41, 5.74) is 3.66. The highest BCUT2D eigenvalue weighted by Gasteiger charge is 2.29. The van der Waals surface area contributed by atoms with Gasteiger partial charge in [0.2, 0.25) is 0 Å². The fourth-order valence-electron chi connectivity index (χ4n) is 3.18. The van der Waals surface area contributed by atoms with Gasteiger partial charge in [-0.15, -0.1) is 0 Å². The van der Waals surface area contributed by atoms with Crippen LogP contribution in [0.15, 0.2) is 36.7 Å². The number of hydrogen-bond donors (Lipinski definition) is 0. The maximum Gasteiger partial charge on any atom is 0.254 e. The van der Waals surface area contributed by atoms with Crippen LogP contribution in [0.5, 0.6) is 0 Å². The molecule has 0 radical (unpaired) electrons. The number of anilines is 1. The molecule has 0 saturated heterocycles. The first-order chi connectivity index (χ1) is 10.3. The third-order valence-electron chi connectivity index (χ3n) is 4.33. The van der Waals surface area contributed by atoms with Gasteiger partial charge in [0.15, 0.2) is 0 Å². The molecule has 0 saturated carbocycles. The van der Waals surface area contributed by atoms with Gasteiger partial charge in [0, 0.05) is 17.8 Å². The van der Waals surface area contributed by atoms with Gasteiger partial charge in [-0.25, -0.2) is 4.98 Å². The second kappa shape index (κ2) is 4.55. The van der Waals surface area contributed by atoms with E-state index >= 15 is 0 Å². The molecule has 0 aliphatic carbocycles. The zero-order chi connectivity index (χ0) is 14.4. The van der Waals surface area contributed by atoms with E-state index in [2.05, 4.69) is 64.1 Å². The van der Waals surface area contributed by atoms with Crippen LogP contribution in [0.3, 0.4) is 0 Å². The largest absolute Gasteiger partial charge is 0.349 e. The van der Waals surface area contributed by atoms with Crippen LogP contribution >= 0.6 is 0 Å². The Morgan fingerprint density at radius 1 is 1.19 bits per heavy atom. The second-order valence-corrected chi connectivity index (χ2v) is 5.50. The van der Waals surface area contributed by atoms with Crippen LogP contribution in [0.1, 0.15) is 29.8 Å². The minimum Gasteiger partial charge on any atom is -0.349 e. The van der Waals surface area contributed by atoms with E-state index in [0.29, 0.717) is 11.8 Å². The Hall–Kier alpha value is -2.43. The molecular formula is C16H17N5. The molecule has 1 aromatic carbocycles.